The Balaban J connectivity index is 2.25. The first kappa shape index (κ1) is 13.2. The fourth-order valence-corrected chi connectivity index (χ4v) is 2.55. The van der Waals surface area contributed by atoms with Crippen molar-refractivity contribution in [2.24, 2.45) is 0 Å². The number of rotatable bonds is 4. The minimum Gasteiger partial charge on any atom is -0.373 e. The number of nitrogens with one attached hydrogen (secondary N) is 1. The molecule has 0 aliphatic rings. The zero-order valence-corrected chi connectivity index (χ0v) is 11.6. The average molecular weight is 281 g/mol. The molecule has 2 aromatic rings. The highest BCUT2D eigenvalue weighted by Gasteiger charge is 2.05. The van der Waals surface area contributed by atoms with Gasteiger partial charge in [0.2, 0.25) is 0 Å². The van der Waals surface area contributed by atoms with E-state index in [0.29, 0.717) is 5.16 Å². The molecule has 94 valence electrons. The monoisotopic (exact) mass is 281 g/mol. The summed E-state index contributed by atoms with van der Waals surface area (Å²) in [5, 5.41) is 4.55. The van der Waals surface area contributed by atoms with Crippen molar-refractivity contribution in [3.63, 3.8) is 0 Å². The number of benzene rings is 1. The minimum absolute atomic E-state index is 0.234. The van der Waals surface area contributed by atoms with Gasteiger partial charge in [0.25, 0.3) is 0 Å². The van der Waals surface area contributed by atoms with Gasteiger partial charge in [0.05, 0.1) is 0 Å². The maximum absolute atomic E-state index is 12.8. The Kier molecular flexibility index (Phi) is 4.43. The van der Waals surface area contributed by atoms with Crippen molar-refractivity contribution in [2.45, 2.75) is 15.1 Å². The highest BCUT2D eigenvalue weighted by atomic mass is 32.2. The quantitative estimate of drug-likeness (QED) is 0.527. The third-order valence-corrected chi connectivity index (χ3v) is 3.63. The number of thioether (sulfide) groups is 1. The largest absolute Gasteiger partial charge is 0.373 e. The Hall–Kier alpha value is -1.27. The molecule has 1 aromatic heterocycles. The first-order valence-electron chi connectivity index (χ1n) is 5.25. The van der Waals surface area contributed by atoms with E-state index < -0.39 is 0 Å². The zero-order chi connectivity index (χ0) is 13.0. The molecular weight excluding hydrogens is 269 g/mol. The lowest BCUT2D eigenvalue weighted by atomic mass is 10.4. The summed E-state index contributed by atoms with van der Waals surface area (Å²) in [5.41, 5.74) is 0. The lowest BCUT2D eigenvalue weighted by Gasteiger charge is -2.06. The van der Waals surface area contributed by atoms with Crippen molar-refractivity contribution in [3.05, 3.63) is 36.1 Å². The van der Waals surface area contributed by atoms with Crippen molar-refractivity contribution in [1.82, 2.24) is 9.97 Å². The smallest absolute Gasteiger partial charge is 0.190 e. The lowest BCUT2D eigenvalue weighted by Crippen LogP contribution is -1.96. The van der Waals surface area contributed by atoms with Gasteiger partial charge in [-0.15, -0.1) is 0 Å². The van der Waals surface area contributed by atoms with Crippen LogP contribution in [0.25, 0.3) is 0 Å². The molecule has 0 fully saturated rings. The number of nitrogens with zero attached hydrogens (tertiary/aromatic N) is 2. The van der Waals surface area contributed by atoms with E-state index in [9.17, 15) is 4.39 Å². The molecule has 0 amide bonds. The molecule has 6 heteroatoms. The van der Waals surface area contributed by atoms with Crippen LogP contribution in [0.3, 0.4) is 0 Å². The molecule has 0 saturated carbocycles. The SMILES string of the molecule is CNc1cc(Sc2ccc(F)cc2)nc(SC)n1. The second kappa shape index (κ2) is 6.06. The second-order valence-corrected chi connectivity index (χ2v) is 5.25. The third-order valence-electron chi connectivity index (χ3n) is 2.16. The first-order valence-corrected chi connectivity index (χ1v) is 7.29. The summed E-state index contributed by atoms with van der Waals surface area (Å²) in [5.74, 6) is 0.543. The van der Waals surface area contributed by atoms with Gasteiger partial charge in [0.15, 0.2) is 5.16 Å². The number of aromatic nitrogens is 2. The van der Waals surface area contributed by atoms with Gasteiger partial charge >= 0.3 is 0 Å². The molecule has 1 heterocycles. The van der Waals surface area contributed by atoms with Crippen LogP contribution in [0.4, 0.5) is 10.2 Å². The molecule has 0 unspecified atom stereocenters. The molecular formula is C12H12FN3S2. The Morgan fingerprint density at radius 3 is 2.50 bits per heavy atom. The summed E-state index contributed by atoms with van der Waals surface area (Å²) < 4.78 is 12.8. The molecule has 1 aromatic carbocycles. The maximum atomic E-state index is 12.8. The predicted octanol–water partition coefficient (Wildman–Crippen LogP) is 3.53. The Morgan fingerprint density at radius 2 is 1.89 bits per heavy atom. The van der Waals surface area contributed by atoms with Crippen LogP contribution in [0.1, 0.15) is 0 Å². The molecule has 0 saturated heterocycles. The molecule has 0 aliphatic heterocycles. The molecule has 1 N–H and O–H groups in total. The van der Waals surface area contributed by atoms with E-state index >= 15 is 0 Å². The second-order valence-electron chi connectivity index (χ2n) is 3.38. The van der Waals surface area contributed by atoms with Gasteiger partial charge in [-0.05, 0) is 30.5 Å². The predicted molar refractivity (Wildman–Crippen MR) is 73.9 cm³/mol. The highest BCUT2D eigenvalue weighted by molar-refractivity contribution is 7.99. The van der Waals surface area contributed by atoms with E-state index in [0.717, 1.165) is 15.7 Å². The normalized spacial score (nSPS) is 10.4. The van der Waals surface area contributed by atoms with Crippen LogP contribution in [0.15, 0.2) is 45.4 Å². The maximum Gasteiger partial charge on any atom is 0.190 e. The molecule has 3 nitrogen and oxygen atoms in total. The number of halogens is 1. The topological polar surface area (TPSA) is 37.8 Å². The van der Waals surface area contributed by atoms with Crippen LogP contribution < -0.4 is 5.32 Å². The first-order chi connectivity index (χ1) is 8.71. The third kappa shape index (κ3) is 3.36. The molecule has 18 heavy (non-hydrogen) atoms. The van der Waals surface area contributed by atoms with Crippen LogP contribution >= 0.6 is 23.5 Å². The number of hydrogen-bond donors (Lipinski definition) is 1. The molecule has 0 radical (unpaired) electrons. The molecule has 0 atom stereocenters. The Morgan fingerprint density at radius 1 is 1.17 bits per heavy atom. The van der Waals surface area contributed by atoms with Crippen molar-refractivity contribution in [2.75, 3.05) is 18.6 Å². The average Bonchev–Trinajstić information content (AvgIpc) is 2.41. The van der Waals surface area contributed by atoms with Gasteiger partial charge < -0.3 is 5.32 Å². The fourth-order valence-electron chi connectivity index (χ4n) is 1.30. The van der Waals surface area contributed by atoms with E-state index in [1.807, 2.05) is 19.4 Å². The minimum atomic E-state index is -0.234. The molecule has 0 spiro atoms. The number of hydrogen-bond acceptors (Lipinski definition) is 5. The van der Waals surface area contributed by atoms with Crippen LogP contribution in [0.5, 0.6) is 0 Å². The van der Waals surface area contributed by atoms with Crippen LogP contribution in [-0.2, 0) is 0 Å². The van der Waals surface area contributed by atoms with Crippen LogP contribution in [0.2, 0.25) is 0 Å². The summed E-state index contributed by atoms with van der Waals surface area (Å²) in [6.07, 6.45) is 1.93. The van der Waals surface area contributed by atoms with Gasteiger partial charge in [-0.2, -0.15) is 0 Å². The Bertz CT molecular complexity index is 509. The summed E-state index contributed by atoms with van der Waals surface area (Å²) in [6, 6.07) is 8.23. The van der Waals surface area contributed by atoms with Gasteiger partial charge in [0, 0.05) is 18.0 Å². The Labute approximate surface area is 114 Å². The van der Waals surface area contributed by atoms with Crippen molar-refractivity contribution in [1.29, 1.82) is 0 Å². The van der Waals surface area contributed by atoms with Gasteiger partial charge in [-0.25, -0.2) is 14.4 Å². The van der Waals surface area contributed by atoms with Gasteiger partial charge in [0.1, 0.15) is 16.7 Å². The molecule has 2 rings (SSSR count). The zero-order valence-electron chi connectivity index (χ0n) is 9.98. The van der Waals surface area contributed by atoms with E-state index in [2.05, 4.69) is 15.3 Å². The van der Waals surface area contributed by atoms with Gasteiger partial charge in [-0.1, -0.05) is 23.5 Å². The fraction of sp³-hybridized carbons (Fsp3) is 0.167. The van der Waals surface area contributed by atoms with Gasteiger partial charge in [-0.3, -0.25) is 0 Å². The summed E-state index contributed by atoms with van der Waals surface area (Å²) in [6.45, 7) is 0. The van der Waals surface area contributed by atoms with E-state index in [1.165, 1.54) is 35.7 Å². The summed E-state index contributed by atoms with van der Waals surface area (Å²) >= 11 is 2.97. The highest BCUT2D eigenvalue weighted by Crippen LogP contribution is 2.28. The standard InChI is InChI=1S/C12H12FN3S2/c1-14-10-7-11(16-12(15-10)17-2)18-9-5-3-8(13)4-6-9/h3-7H,1-2H3,(H,14,15,16). The summed E-state index contributed by atoms with van der Waals surface area (Å²) in [4.78, 5) is 9.64. The summed E-state index contributed by atoms with van der Waals surface area (Å²) in [7, 11) is 1.82. The van der Waals surface area contributed by atoms with Crippen molar-refractivity contribution in [3.8, 4) is 0 Å². The van der Waals surface area contributed by atoms with E-state index in [4.69, 9.17) is 0 Å². The van der Waals surface area contributed by atoms with E-state index in [-0.39, 0.29) is 5.82 Å². The van der Waals surface area contributed by atoms with Crippen LogP contribution in [0, 0.1) is 5.82 Å². The number of anilines is 1. The van der Waals surface area contributed by atoms with Crippen LogP contribution in [-0.4, -0.2) is 23.3 Å². The van der Waals surface area contributed by atoms with Crippen molar-refractivity contribution >= 4 is 29.3 Å². The van der Waals surface area contributed by atoms with Crippen molar-refractivity contribution < 1.29 is 4.39 Å². The molecule has 0 bridgehead atoms. The van der Waals surface area contributed by atoms with E-state index in [1.54, 1.807) is 12.1 Å². The molecule has 0 aliphatic carbocycles. The lowest BCUT2D eigenvalue weighted by molar-refractivity contribution is 0.626.